The number of anilines is 1. The molecule has 2 aromatic carbocycles. The lowest BCUT2D eigenvalue weighted by molar-refractivity contribution is -0.121. The van der Waals surface area contributed by atoms with Crippen LogP contribution in [-0.2, 0) is 4.79 Å². The van der Waals surface area contributed by atoms with E-state index < -0.39 is 6.04 Å². The van der Waals surface area contributed by atoms with Gasteiger partial charge in [0.25, 0.3) is 5.91 Å². The molecular weight excluding hydrogens is 317 g/mol. The Morgan fingerprint density at radius 2 is 2.04 bits per heavy atom. The normalized spacial score (nSPS) is 12.1. The summed E-state index contributed by atoms with van der Waals surface area (Å²) >= 11 is 5.92. The molecule has 2 N–H and O–H groups in total. The van der Waals surface area contributed by atoms with Crippen LogP contribution in [0.5, 0.6) is 0 Å². The minimum Gasteiger partial charge on any atom is -0.374 e. The molecule has 0 aliphatic carbocycles. The van der Waals surface area contributed by atoms with Crippen molar-refractivity contribution in [3.05, 3.63) is 64.9 Å². The first-order valence-corrected chi connectivity index (χ1v) is 7.57. The van der Waals surface area contributed by atoms with E-state index in [0.717, 1.165) is 5.69 Å². The number of nitrogens with zero attached hydrogens (tertiary/aromatic N) is 1. The van der Waals surface area contributed by atoms with Crippen molar-refractivity contribution < 1.29 is 9.18 Å². The van der Waals surface area contributed by atoms with E-state index in [-0.39, 0.29) is 11.7 Å². The predicted octanol–water partition coefficient (Wildman–Crippen LogP) is 3.82. The molecule has 4 nitrogen and oxygen atoms in total. The van der Waals surface area contributed by atoms with Gasteiger partial charge in [0.1, 0.15) is 11.9 Å². The molecule has 120 valence electrons. The smallest absolute Gasteiger partial charge is 0.262 e. The van der Waals surface area contributed by atoms with Gasteiger partial charge in [-0.2, -0.15) is 5.10 Å². The number of hydrogen-bond acceptors (Lipinski definition) is 3. The van der Waals surface area contributed by atoms with Gasteiger partial charge >= 0.3 is 0 Å². The lowest BCUT2D eigenvalue weighted by Crippen LogP contribution is -2.36. The molecule has 0 bridgehead atoms. The molecule has 0 saturated heterocycles. The van der Waals surface area contributed by atoms with Gasteiger partial charge < -0.3 is 5.32 Å². The van der Waals surface area contributed by atoms with Gasteiger partial charge in [-0.05, 0) is 42.3 Å². The van der Waals surface area contributed by atoms with Crippen LogP contribution >= 0.6 is 11.6 Å². The maximum absolute atomic E-state index is 12.8. The molecule has 1 atom stereocenters. The first-order valence-electron chi connectivity index (χ1n) is 7.19. The monoisotopic (exact) mass is 333 g/mol. The van der Waals surface area contributed by atoms with E-state index in [9.17, 15) is 9.18 Å². The molecule has 0 heterocycles. The highest BCUT2D eigenvalue weighted by Crippen LogP contribution is 2.16. The first-order chi connectivity index (χ1) is 11.1. The van der Waals surface area contributed by atoms with Gasteiger partial charge in [0, 0.05) is 10.7 Å². The zero-order chi connectivity index (χ0) is 16.7. The van der Waals surface area contributed by atoms with Gasteiger partial charge in [0.15, 0.2) is 0 Å². The van der Waals surface area contributed by atoms with E-state index in [1.54, 1.807) is 24.3 Å². The third-order valence-electron chi connectivity index (χ3n) is 3.15. The molecule has 23 heavy (non-hydrogen) atoms. The summed E-state index contributed by atoms with van der Waals surface area (Å²) < 4.78 is 12.8. The molecule has 0 unspecified atom stereocenters. The molecule has 1 amide bonds. The van der Waals surface area contributed by atoms with Crippen LogP contribution < -0.4 is 10.7 Å². The second-order valence-electron chi connectivity index (χ2n) is 4.90. The average molecular weight is 334 g/mol. The van der Waals surface area contributed by atoms with Gasteiger partial charge in [-0.1, -0.05) is 36.7 Å². The number of halogens is 2. The molecule has 0 radical (unpaired) electrons. The fourth-order valence-electron chi connectivity index (χ4n) is 1.93. The van der Waals surface area contributed by atoms with Crippen LogP contribution in [0.15, 0.2) is 53.6 Å². The minimum absolute atomic E-state index is 0.258. The van der Waals surface area contributed by atoms with Crippen molar-refractivity contribution in [1.82, 2.24) is 5.43 Å². The molecule has 6 heteroatoms. The highest BCUT2D eigenvalue weighted by atomic mass is 35.5. The van der Waals surface area contributed by atoms with Gasteiger partial charge in [-0.25, -0.2) is 9.82 Å². The summed E-state index contributed by atoms with van der Waals surface area (Å²) in [7, 11) is 0. The van der Waals surface area contributed by atoms with Crippen molar-refractivity contribution in [3.63, 3.8) is 0 Å². The van der Waals surface area contributed by atoms with Crippen molar-refractivity contribution in [2.45, 2.75) is 19.4 Å². The maximum Gasteiger partial charge on any atom is 0.262 e. The zero-order valence-electron chi connectivity index (χ0n) is 12.6. The van der Waals surface area contributed by atoms with E-state index >= 15 is 0 Å². The summed E-state index contributed by atoms with van der Waals surface area (Å²) in [6.45, 7) is 1.89. The van der Waals surface area contributed by atoms with Crippen molar-refractivity contribution >= 4 is 29.4 Å². The largest absolute Gasteiger partial charge is 0.374 e. The lowest BCUT2D eigenvalue weighted by Gasteiger charge is -2.16. The van der Waals surface area contributed by atoms with Crippen molar-refractivity contribution in [2.75, 3.05) is 5.32 Å². The van der Waals surface area contributed by atoms with Crippen molar-refractivity contribution in [2.24, 2.45) is 5.10 Å². The van der Waals surface area contributed by atoms with Gasteiger partial charge in [0.05, 0.1) is 6.21 Å². The fourth-order valence-corrected chi connectivity index (χ4v) is 2.12. The Morgan fingerprint density at radius 3 is 2.70 bits per heavy atom. The van der Waals surface area contributed by atoms with Crippen LogP contribution in [0, 0.1) is 5.82 Å². The third kappa shape index (κ3) is 5.38. The van der Waals surface area contributed by atoms with E-state index in [1.165, 1.54) is 18.3 Å². The Labute approximate surface area is 139 Å². The van der Waals surface area contributed by atoms with Crippen LogP contribution in [0.2, 0.25) is 5.02 Å². The number of carbonyl (C=O) groups excluding carboxylic acids is 1. The summed E-state index contributed by atoms with van der Waals surface area (Å²) in [5.74, 6) is -0.575. The maximum atomic E-state index is 12.8. The van der Waals surface area contributed by atoms with Gasteiger partial charge in [0.2, 0.25) is 0 Å². The van der Waals surface area contributed by atoms with E-state index in [2.05, 4.69) is 15.8 Å². The lowest BCUT2D eigenvalue weighted by atomic mass is 10.2. The van der Waals surface area contributed by atoms with Crippen molar-refractivity contribution in [3.8, 4) is 0 Å². The molecule has 0 aromatic heterocycles. The zero-order valence-corrected chi connectivity index (χ0v) is 13.3. The fraction of sp³-hybridized carbons (Fsp3) is 0.176. The Kier molecular flexibility index (Phi) is 6.11. The summed E-state index contributed by atoms with van der Waals surface area (Å²) in [6.07, 6.45) is 2.05. The SMILES string of the molecule is CC[C@@H](Nc1cccc(Cl)c1)C(=O)NN=Cc1ccc(F)cc1. The predicted molar refractivity (Wildman–Crippen MR) is 91.3 cm³/mol. The van der Waals surface area contributed by atoms with Gasteiger partial charge in [-0.3, -0.25) is 4.79 Å². The summed E-state index contributed by atoms with van der Waals surface area (Å²) in [4.78, 5) is 12.1. The molecule has 0 spiro atoms. The molecular formula is C17H17ClFN3O. The van der Waals surface area contributed by atoms with Crippen LogP contribution in [0.1, 0.15) is 18.9 Å². The number of rotatable bonds is 6. The number of amides is 1. The highest BCUT2D eigenvalue weighted by molar-refractivity contribution is 6.30. The summed E-state index contributed by atoms with van der Waals surface area (Å²) in [5.41, 5.74) is 3.94. The summed E-state index contributed by atoms with van der Waals surface area (Å²) in [6, 6.07) is 12.5. The molecule has 0 saturated carbocycles. The number of nitrogens with one attached hydrogen (secondary N) is 2. The first kappa shape index (κ1) is 17.0. The number of hydrazone groups is 1. The highest BCUT2D eigenvalue weighted by Gasteiger charge is 2.15. The van der Waals surface area contributed by atoms with Crippen molar-refractivity contribution in [1.29, 1.82) is 0 Å². The Morgan fingerprint density at radius 1 is 1.30 bits per heavy atom. The molecule has 0 aliphatic heterocycles. The van der Waals surface area contributed by atoms with E-state index in [0.29, 0.717) is 17.0 Å². The Bertz CT molecular complexity index is 688. The number of benzene rings is 2. The second kappa shape index (κ2) is 8.29. The minimum atomic E-state index is -0.432. The van der Waals surface area contributed by atoms with E-state index in [1.807, 2.05) is 19.1 Å². The standard InChI is InChI=1S/C17H17ClFN3O/c1-2-16(21-15-5-3-4-13(18)10-15)17(23)22-20-11-12-6-8-14(19)9-7-12/h3-11,16,21H,2H2,1H3,(H,22,23)/t16-/m1/s1. The Hall–Kier alpha value is -2.40. The Balaban J connectivity index is 1.93. The van der Waals surface area contributed by atoms with E-state index in [4.69, 9.17) is 11.6 Å². The quantitative estimate of drug-likeness (QED) is 0.623. The average Bonchev–Trinajstić information content (AvgIpc) is 2.54. The third-order valence-corrected chi connectivity index (χ3v) is 3.38. The second-order valence-corrected chi connectivity index (χ2v) is 5.34. The van der Waals surface area contributed by atoms with Crippen LogP contribution in [-0.4, -0.2) is 18.2 Å². The molecule has 0 aliphatic rings. The molecule has 2 aromatic rings. The number of hydrogen-bond donors (Lipinski definition) is 2. The molecule has 2 rings (SSSR count). The van der Waals surface area contributed by atoms with Crippen LogP contribution in [0.4, 0.5) is 10.1 Å². The molecule has 0 fully saturated rings. The van der Waals surface area contributed by atoms with Crippen LogP contribution in [0.25, 0.3) is 0 Å². The van der Waals surface area contributed by atoms with Gasteiger partial charge in [-0.15, -0.1) is 0 Å². The number of carbonyl (C=O) groups is 1. The summed E-state index contributed by atoms with van der Waals surface area (Å²) in [5, 5.41) is 7.59. The van der Waals surface area contributed by atoms with Crippen LogP contribution in [0.3, 0.4) is 0 Å². The topological polar surface area (TPSA) is 53.5 Å².